The molecule has 0 atom stereocenters. The average molecular weight is 225 g/mol. The second kappa shape index (κ2) is 4.98. The minimum atomic E-state index is -0.856. The van der Waals surface area contributed by atoms with Gasteiger partial charge in [0.15, 0.2) is 0 Å². The van der Waals surface area contributed by atoms with Gasteiger partial charge in [-0.2, -0.15) is 0 Å². The van der Waals surface area contributed by atoms with Gasteiger partial charge >= 0.3 is 0 Å². The van der Waals surface area contributed by atoms with Gasteiger partial charge in [-0.05, 0) is 33.1 Å². The Kier molecular flexibility index (Phi) is 4.11. The molecule has 1 amide bonds. The second-order valence-electron chi connectivity index (χ2n) is 5.50. The highest BCUT2D eigenvalue weighted by Crippen LogP contribution is 2.26. The number of carbonyl (C=O) groups excluding carboxylic acids is 2. The highest BCUT2D eigenvalue weighted by molar-refractivity contribution is 6.05. The summed E-state index contributed by atoms with van der Waals surface area (Å²) in [5, 5.41) is 0. The zero-order chi connectivity index (χ0) is 12.3. The van der Waals surface area contributed by atoms with E-state index in [4.69, 9.17) is 0 Å². The molecule has 0 aromatic heterocycles. The zero-order valence-corrected chi connectivity index (χ0v) is 10.9. The number of rotatable bonds is 3. The Morgan fingerprint density at radius 1 is 1.06 bits per heavy atom. The van der Waals surface area contributed by atoms with Gasteiger partial charge < -0.3 is 4.90 Å². The van der Waals surface area contributed by atoms with Crippen LogP contribution < -0.4 is 0 Å². The van der Waals surface area contributed by atoms with Crippen molar-refractivity contribution in [2.45, 2.75) is 47.0 Å². The number of carbonyl (C=O) groups is 2. The first-order valence-electron chi connectivity index (χ1n) is 6.21. The van der Waals surface area contributed by atoms with Crippen molar-refractivity contribution in [3.05, 3.63) is 0 Å². The Labute approximate surface area is 98.2 Å². The van der Waals surface area contributed by atoms with E-state index in [9.17, 15) is 9.59 Å². The normalized spacial score (nSPS) is 17.7. The van der Waals surface area contributed by atoms with Crippen LogP contribution in [0.4, 0.5) is 0 Å². The molecule has 0 N–H and O–H groups in total. The van der Waals surface area contributed by atoms with Gasteiger partial charge in [0.25, 0.3) is 0 Å². The van der Waals surface area contributed by atoms with E-state index in [-0.39, 0.29) is 17.6 Å². The van der Waals surface area contributed by atoms with E-state index in [0.29, 0.717) is 0 Å². The number of hydrogen-bond acceptors (Lipinski definition) is 2. The van der Waals surface area contributed by atoms with Crippen LogP contribution in [-0.4, -0.2) is 29.7 Å². The molecule has 1 rings (SSSR count). The van der Waals surface area contributed by atoms with Crippen LogP contribution >= 0.6 is 0 Å². The van der Waals surface area contributed by atoms with Gasteiger partial charge in [0.05, 0.1) is 0 Å². The topological polar surface area (TPSA) is 37.4 Å². The van der Waals surface area contributed by atoms with Crippen LogP contribution in [0, 0.1) is 11.3 Å². The molecule has 92 valence electrons. The number of Topliss-reactive ketones (excluding diaryl/α,β-unsaturated/α-hetero) is 1. The molecule has 16 heavy (non-hydrogen) atoms. The molecule has 3 nitrogen and oxygen atoms in total. The molecule has 1 heterocycles. The maximum absolute atomic E-state index is 12.3. The molecular weight excluding hydrogens is 202 g/mol. The van der Waals surface area contributed by atoms with Gasteiger partial charge in [-0.15, -0.1) is 0 Å². The van der Waals surface area contributed by atoms with E-state index >= 15 is 0 Å². The number of hydrogen-bond donors (Lipinski definition) is 0. The summed E-state index contributed by atoms with van der Waals surface area (Å²) in [7, 11) is 0. The lowest BCUT2D eigenvalue weighted by atomic mass is 9.81. The summed E-state index contributed by atoms with van der Waals surface area (Å²) in [6.07, 6.45) is 3.33. The molecule has 0 saturated carbocycles. The average Bonchev–Trinajstić information content (AvgIpc) is 2.28. The molecule has 0 radical (unpaired) electrons. The number of likely N-dealkylation sites (tertiary alicyclic amines) is 1. The van der Waals surface area contributed by atoms with Crippen molar-refractivity contribution in [2.24, 2.45) is 11.3 Å². The molecule has 1 fully saturated rings. The molecule has 0 spiro atoms. The van der Waals surface area contributed by atoms with Gasteiger partial charge in [-0.3, -0.25) is 9.59 Å². The third-order valence-corrected chi connectivity index (χ3v) is 3.32. The van der Waals surface area contributed by atoms with Crippen molar-refractivity contribution in [1.29, 1.82) is 0 Å². The summed E-state index contributed by atoms with van der Waals surface area (Å²) in [4.78, 5) is 26.1. The lowest BCUT2D eigenvalue weighted by Gasteiger charge is -2.34. The molecule has 0 unspecified atom stereocenters. The van der Waals surface area contributed by atoms with E-state index in [2.05, 4.69) is 0 Å². The molecular formula is C13H23NO2. The van der Waals surface area contributed by atoms with Crippen molar-refractivity contribution in [3.63, 3.8) is 0 Å². The first-order valence-corrected chi connectivity index (χ1v) is 6.21. The Morgan fingerprint density at radius 3 is 2.00 bits per heavy atom. The van der Waals surface area contributed by atoms with Crippen LogP contribution in [0.2, 0.25) is 0 Å². The number of amides is 1. The van der Waals surface area contributed by atoms with Crippen LogP contribution in [0.5, 0.6) is 0 Å². The van der Waals surface area contributed by atoms with E-state index < -0.39 is 5.41 Å². The SMILES string of the molecule is CC(C)C(=O)C(C)(C)C(=O)N1CCCCC1. The number of piperidine rings is 1. The fourth-order valence-electron chi connectivity index (χ4n) is 2.32. The summed E-state index contributed by atoms with van der Waals surface area (Å²) in [6, 6.07) is 0. The van der Waals surface area contributed by atoms with Crippen LogP contribution in [0.15, 0.2) is 0 Å². The zero-order valence-electron chi connectivity index (χ0n) is 10.9. The Hall–Kier alpha value is -0.860. The Balaban J connectivity index is 2.74. The first-order chi connectivity index (χ1) is 7.37. The summed E-state index contributed by atoms with van der Waals surface area (Å²) >= 11 is 0. The Bertz CT molecular complexity index is 276. The molecule has 1 saturated heterocycles. The molecule has 1 aliphatic heterocycles. The fourth-order valence-corrected chi connectivity index (χ4v) is 2.32. The van der Waals surface area contributed by atoms with Gasteiger partial charge in [-0.25, -0.2) is 0 Å². The third kappa shape index (κ3) is 2.63. The monoisotopic (exact) mass is 225 g/mol. The quantitative estimate of drug-likeness (QED) is 0.691. The summed E-state index contributed by atoms with van der Waals surface area (Å²) in [5.74, 6) is -0.0299. The van der Waals surface area contributed by atoms with Gasteiger partial charge in [0, 0.05) is 19.0 Å². The van der Waals surface area contributed by atoms with E-state index in [1.807, 2.05) is 18.7 Å². The van der Waals surface area contributed by atoms with E-state index in [0.717, 1.165) is 25.9 Å². The standard InChI is InChI=1S/C13H23NO2/c1-10(2)11(15)13(3,4)12(16)14-8-6-5-7-9-14/h10H,5-9H2,1-4H3. The van der Waals surface area contributed by atoms with Crippen LogP contribution in [0.25, 0.3) is 0 Å². The minimum Gasteiger partial charge on any atom is -0.342 e. The van der Waals surface area contributed by atoms with Crippen molar-refractivity contribution in [1.82, 2.24) is 4.90 Å². The summed E-state index contributed by atoms with van der Waals surface area (Å²) in [5.41, 5.74) is -0.856. The van der Waals surface area contributed by atoms with Crippen LogP contribution in [0.3, 0.4) is 0 Å². The largest absolute Gasteiger partial charge is 0.342 e. The maximum Gasteiger partial charge on any atom is 0.235 e. The number of ketones is 1. The summed E-state index contributed by atoms with van der Waals surface area (Å²) in [6.45, 7) is 8.85. The highest BCUT2D eigenvalue weighted by Gasteiger charge is 2.39. The molecule has 0 bridgehead atoms. The Morgan fingerprint density at radius 2 is 1.56 bits per heavy atom. The lowest BCUT2D eigenvalue weighted by Crippen LogP contribution is -2.48. The molecule has 0 aromatic rings. The first kappa shape index (κ1) is 13.2. The predicted octanol–water partition coefficient (Wildman–Crippen LogP) is 2.25. The minimum absolute atomic E-state index is 0.00546. The number of nitrogens with zero attached hydrogens (tertiary/aromatic N) is 1. The summed E-state index contributed by atoms with van der Waals surface area (Å²) < 4.78 is 0. The van der Waals surface area contributed by atoms with Crippen LogP contribution in [-0.2, 0) is 9.59 Å². The van der Waals surface area contributed by atoms with Crippen molar-refractivity contribution in [3.8, 4) is 0 Å². The highest BCUT2D eigenvalue weighted by atomic mass is 16.2. The third-order valence-electron chi connectivity index (χ3n) is 3.32. The van der Waals surface area contributed by atoms with Gasteiger partial charge in [0.2, 0.25) is 5.91 Å². The van der Waals surface area contributed by atoms with Crippen molar-refractivity contribution < 1.29 is 9.59 Å². The smallest absolute Gasteiger partial charge is 0.235 e. The maximum atomic E-state index is 12.3. The van der Waals surface area contributed by atoms with E-state index in [1.54, 1.807) is 13.8 Å². The van der Waals surface area contributed by atoms with Gasteiger partial charge in [0.1, 0.15) is 11.2 Å². The predicted molar refractivity (Wildman–Crippen MR) is 64.1 cm³/mol. The molecule has 1 aliphatic rings. The van der Waals surface area contributed by atoms with Crippen LogP contribution in [0.1, 0.15) is 47.0 Å². The van der Waals surface area contributed by atoms with Crippen molar-refractivity contribution in [2.75, 3.05) is 13.1 Å². The molecule has 0 aliphatic carbocycles. The lowest BCUT2D eigenvalue weighted by molar-refractivity contribution is -0.149. The van der Waals surface area contributed by atoms with Gasteiger partial charge in [-0.1, -0.05) is 13.8 Å². The molecule has 3 heteroatoms. The van der Waals surface area contributed by atoms with E-state index in [1.165, 1.54) is 6.42 Å². The fraction of sp³-hybridized carbons (Fsp3) is 0.846. The van der Waals surface area contributed by atoms with Crippen molar-refractivity contribution >= 4 is 11.7 Å². The molecule has 0 aromatic carbocycles. The second-order valence-corrected chi connectivity index (χ2v) is 5.50.